The molecule has 1 aromatic carbocycles. The number of rotatable bonds is 3. The second-order valence-electron chi connectivity index (χ2n) is 3.77. The Morgan fingerprint density at radius 3 is 2.79 bits per heavy atom. The number of ketones is 1. The van der Waals surface area contributed by atoms with E-state index in [4.69, 9.17) is 5.73 Å². The molecular weight excluding hydrogens is 330 g/mol. The predicted molar refractivity (Wildman–Crippen MR) is 77.5 cm³/mol. The number of Topliss-reactive ketones (excluding diaryl/α,β-unsaturated/α-hetero) is 1. The maximum absolute atomic E-state index is 11.6. The molecule has 0 amide bonds. The number of anilines is 1. The van der Waals surface area contributed by atoms with E-state index in [1.165, 1.54) is 24.8 Å². The Kier molecular flexibility index (Phi) is 4.06. The van der Waals surface area contributed by atoms with Crippen molar-refractivity contribution in [3.05, 3.63) is 44.7 Å². The highest BCUT2D eigenvalue weighted by Gasteiger charge is 2.11. The number of nitrogens with two attached hydrogens (primary N) is 1. The topological polar surface area (TPSA) is 88.8 Å². The van der Waals surface area contributed by atoms with Crippen molar-refractivity contribution in [1.29, 1.82) is 0 Å². The van der Waals surface area contributed by atoms with Crippen molar-refractivity contribution in [2.75, 3.05) is 5.73 Å². The summed E-state index contributed by atoms with van der Waals surface area (Å²) in [4.78, 5) is 30.2. The first-order valence-electron chi connectivity index (χ1n) is 5.31. The minimum atomic E-state index is -0.323. The molecule has 98 valence electrons. The monoisotopic (exact) mass is 339 g/mol. The number of hydrogen-bond acceptors (Lipinski definition) is 5. The molecule has 0 atom stereocenters. The summed E-state index contributed by atoms with van der Waals surface area (Å²) in [6.45, 7) is 1.49. The average molecular weight is 340 g/mol. The molecule has 0 unspecified atom stereocenters. The molecule has 0 fully saturated rings. The number of H-pyrrole nitrogens is 1. The van der Waals surface area contributed by atoms with Gasteiger partial charge in [-0.25, -0.2) is 4.98 Å². The molecule has 0 aliphatic heterocycles. The Balaban J connectivity index is 2.43. The van der Waals surface area contributed by atoms with E-state index in [2.05, 4.69) is 25.9 Å². The van der Waals surface area contributed by atoms with E-state index in [1.807, 2.05) is 6.07 Å². The van der Waals surface area contributed by atoms with Gasteiger partial charge in [-0.3, -0.25) is 9.59 Å². The summed E-state index contributed by atoms with van der Waals surface area (Å²) in [6, 6.07) is 6.54. The average Bonchev–Trinajstić information content (AvgIpc) is 2.30. The van der Waals surface area contributed by atoms with Gasteiger partial charge in [0.1, 0.15) is 5.82 Å². The van der Waals surface area contributed by atoms with Crippen LogP contribution in [0.5, 0.6) is 0 Å². The van der Waals surface area contributed by atoms with Crippen LogP contribution in [0.15, 0.2) is 43.6 Å². The highest BCUT2D eigenvalue weighted by Crippen LogP contribution is 2.30. The normalized spacial score (nSPS) is 10.4. The second-order valence-corrected chi connectivity index (χ2v) is 5.72. The summed E-state index contributed by atoms with van der Waals surface area (Å²) >= 11 is 4.51. The fourth-order valence-corrected chi connectivity index (χ4v) is 2.79. The molecule has 3 N–H and O–H groups in total. The zero-order valence-electron chi connectivity index (χ0n) is 9.94. The molecular formula is C12H10BrN3O2S. The molecule has 0 saturated carbocycles. The van der Waals surface area contributed by atoms with Crippen LogP contribution in [0.2, 0.25) is 0 Å². The zero-order valence-corrected chi connectivity index (χ0v) is 12.3. The SMILES string of the molecule is CC(=O)c1cc(Br)ccc1Sc1nc(N)cc(=O)[nH]1. The van der Waals surface area contributed by atoms with E-state index in [0.29, 0.717) is 15.6 Å². The summed E-state index contributed by atoms with van der Waals surface area (Å²) in [5.41, 5.74) is 5.75. The molecule has 5 nitrogen and oxygen atoms in total. The van der Waals surface area contributed by atoms with Crippen molar-refractivity contribution < 1.29 is 4.79 Å². The van der Waals surface area contributed by atoms with Crippen LogP contribution in [-0.2, 0) is 0 Å². The number of aromatic amines is 1. The third-order valence-electron chi connectivity index (χ3n) is 2.27. The summed E-state index contributed by atoms with van der Waals surface area (Å²) in [5.74, 6) is 0.0859. The van der Waals surface area contributed by atoms with Crippen molar-refractivity contribution in [2.24, 2.45) is 0 Å². The smallest absolute Gasteiger partial charge is 0.253 e. The van der Waals surface area contributed by atoms with Gasteiger partial charge in [-0.2, -0.15) is 0 Å². The number of carbonyl (C=O) groups is 1. The molecule has 0 saturated heterocycles. The number of carbonyl (C=O) groups excluding carboxylic acids is 1. The first-order valence-corrected chi connectivity index (χ1v) is 6.92. The van der Waals surface area contributed by atoms with Gasteiger partial charge in [0, 0.05) is 21.0 Å². The second kappa shape index (κ2) is 5.58. The van der Waals surface area contributed by atoms with E-state index in [9.17, 15) is 9.59 Å². The van der Waals surface area contributed by atoms with Gasteiger partial charge in [0.25, 0.3) is 5.56 Å². The van der Waals surface area contributed by atoms with Gasteiger partial charge < -0.3 is 10.7 Å². The molecule has 0 bridgehead atoms. The lowest BCUT2D eigenvalue weighted by atomic mass is 10.1. The molecule has 7 heteroatoms. The van der Waals surface area contributed by atoms with Gasteiger partial charge in [-0.1, -0.05) is 27.7 Å². The Labute approximate surface area is 121 Å². The molecule has 0 aliphatic rings. The van der Waals surface area contributed by atoms with Gasteiger partial charge in [0.2, 0.25) is 0 Å². The van der Waals surface area contributed by atoms with Crippen molar-refractivity contribution >= 4 is 39.3 Å². The van der Waals surface area contributed by atoms with E-state index in [0.717, 1.165) is 4.47 Å². The Morgan fingerprint density at radius 1 is 1.42 bits per heavy atom. The maximum atomic E-state index is 11.6. The van der Waals surface area contributed by atoms with Gasteiger partial charge in [0.15, 0.2) is 10.9 Å². The summed E-state index contributed by atoms with van der Waals surface area (Å²) in [5, 5.41) is 0.356. The molecule has 1 heterocycles. The zero-order chi connectivity index (χ0) is 14.0. The largest absolute Gasteiger partial charge is 0.383 e. The third kappa shape index (κ3) is 3.45. The first kappa shape index (κ1) is 13.8. The Hall–Kier alpha value is -1.60. The molecule has 19 heavy (non-hydrogen) atoms. The van der Waals surface area contributed by atoms with Gasteiger partial charge in [0.05, 0.1) is 0 Å². The lowest BCUT2D eigenvalue weighted by Crippen LogP contribution is -2.09. The number of nitrogen functional groups attached to an aromatic ring is 1. The van der Waals surface area contributed by atoms with Crippen molar-refractivity contribution in [3.63, 3.8) is 0 Å². The van der Waals surface area contributed by atoms with Crippen LogP contribution < -0.4 is 11.3 Å². The fraction of sp³-hybridized carbons (Fsp3) is 0.0833. The van der Waals surface area contributed by atoms with Crippen LogP contribution >= 0.6 is 27.7 Å². The molecule has 1 aromatic heterocycles. The Morgan fingerprint density at radius 2 is 2.16 bits per heavy atom. The number of nitrogens with zero attached hydrogens (tertiary/aromatic N) is 1. The van der Waals surface area contributed by atoms with Gasteiger partial charge in [-0.05, 0) is 25.1 Å². The standard InChI is InChI=1S/C12H10BrN3O2S/c1-6(17)8-4-7(13)2-3-9(8)19-12-15-10(14)5-11(18)16-12/h2-5H,1H3,(H3,14,15,16,18). The van der Waals surface area contributed by atoms with Crippen molar-refractivity contribution in [2.45, 2.75) is 17.0 Å². The summed E-state index contributed by atoms with van der Waals surface area (Å²) < 4.78 is 0.816. The molecule has 0 radical (unpaired) electrons. The quantitative estimate of drug-likeness (QED) is 0.662. The number of nitrogens with one attached hydrogen (secondary N) is 1. The first-order chi connectivity index (χ1) is 8.95. The van der Waals surface area contributed by atoms with E-state index >= 15 is 0 Å². The molecule has 0 spiro atoms. The van der Waals surface area contributed by atoms with Crippen LogP contribution in [0.25, 0.3) is 0 Å². The number of benzene rings is 1. The van der Waals surface area contributed by atoms with Gasteiger partial charge in [-0.15, -0.1) is 0 Å². The minimum absolute atomic E-state index is 0.0601. The fourth-order valence-electron chi connectivity index (χ4n) is 1.47. The van der Waals surface area contributed by atoms with Crippen molar-refractivity contribution in [3.8, 4) is 0 Å². The van der Waals surface area contributed by atoms with E-state index in [1.54, 1.807) is 12.1 Å². The summed E-state index contributed by atoms with van der Waals surface area (Å²) in [6.07, 6.45) is 0. The van der Waals surface area contributed by atoms with E-state index < -0.39 is 0 Å². The molecule has 2 rings (SSSR count). The summed E-state index contributed by atoms with van der Waals surface area (Å²) in [7, 11) is 0. The van der Waals surface area contributed by atoms with Crippen LogP contribution in [0, 0.1) is 0 Å². The third-order valence-corrected chi connectivity index (χ3v) is 3.72. The van der Waals surface area contributed by atoms with Crippen LogP contribution in [0.4, 0.5) is 5.82 Å². The number of halogens is 1. The molecule has 0 aliphatic carbocycles. The predicted octanol–water partition coefficient (Wildman–Crippen LogP) is 2.47. The van der Waals surface area contributed by atoms with Crippen LogP contribution in [0.3, 0.4) is 0 Å². The number of hydrogen-bond donors (Lipinski definition) is 2. The van der Waals surface area contributed by atoms with E-state index in [-0.39, 0.29) is 17.2 Å². The van der Waals surface area contributed by atoms with Crippen LogP contribution in [0.1, 0.15) is 17.3 Å². The van der Waals surface area contributed by atoms with Gasteiger partial charge >= 0.3 is 0 Å². The maximum Gasteiger partial charge on any atom is 0.253 e. The highest BCUT2D eigenvalue weighted by atomic mass is 79.9. The Bertz CT molecular complexity index is 700. The van der Waals surface area contributed by atoms with Crippen LogP contribution in [-0.4, -0.2) is 15.8 Å². The lowest BCUT2D eigenvalue weighted by molar-refractivity contribution is 0.101. The lowest BCUT2D eigenvalue weighted by Gasteiger charge is -2.06. The minimum Gasteiger partial charge on any atom is -0.383 e. The molecule has 2 aromatic rings. The highest BCUT2D eigenvalue weighted by molar-refractivity contribution is 9.10. The number of aromatic nitrogens is 2. The van der Waals surface area contributed by atoms with Crippen molar-refractivity contribution in [1.82, 2.24) is 9.97 Å².